The van der Waals surface area contributed by atoms with Crippen LogP contribution >= 0.6 is 22.0 Å². The number of rotatable bonds is 3. The fourth-order valence-corrected chi connectivity index (χ4v) is 2.97. The van der Waals surface area contributed by atoms with Crippen molar-refractivity contribution in [1.29, 1.82) is 0 Å². The van der Waals surface area contributed by atoms with E-state index in [-0.39, 0.29) is 5.75 Å². The van der Waals surface area contributed by atoms with Crippen LogP contribution in [0.25, 0.3) is 10.6 Å². The Morgan fingerprint density at radius 1 is 1.56 bits per heavy atom. The second-order valence-electron chi connectivity index (χ2n) is 3.24. The summed E-state index contributed by atoms with van der Waals surface area (Å²) in [4.78, 5) is 0.920. The smallest absolute Gasteiger partial charge is 0.238 e. The van der Waals surface area contributed by atoms with Gasteiger partial charge in [-0.15, -0.1) is 11.3 Å². The zero-order chi connectivity index (χ0) is 11.8. The first-order chi connectivity index (χ1) is 7.47. The van der Waals surface area contributed by atoms with Gasteiger partial charge in [-0.05, 0) is 18.4 Å². The minimum atomic E-state index is -3.60. The summed E-state index contributed by atoms with van der Waals surface area (Å²) in [6.45, 7) is 1.77. The summed E-state index contributed by atoms with van der Waals surface area (Å²) in [5.41, 5.74) is 1.07. The number of hydrogen-bond donors (Lipinski definition) is 0. The topological polar surface area (TPSA) is 60.2 Å². The molecule has 0 unspecified atom stereocenters. The third-order valence-corrected chi connectivity index (χ3v) is 3.89. The lowest BCUT2D eigenvalue weighted by molar-refractivity contribution is 0.426. The van der Waals surface area contributed by atoms with Crippen LogP contribution in [0.1, 0.15) is 11.3 Å². The molecule has 0 aliphatic rings. The maximum absolute atomic E-state index is 10.9. The lowest BCUT2D eigenvalue weighted by Gasteiger charge is -1.93. The highest BCUT2D eigenvalue weighted by Gasteiger charge is 2.18. The van der Waals surface area contributed by atoms with E-state index in [0.29, 0.717) is 17.0 Å². The van der Waals surface area contributed by atoms with Gasteiger partial charge in [0.2, 0.25) is 9.05 Å². The third-order valence-electron chi connectivity index (χ3n) is 2.07. The zero-order valence-electron chi connectivity index (χ0n) is 8.31. The van der Waals surface area contributed by atoms with E-state index in [9.17, 15) is 8.42 Å². The molecule has 0 fully saturated rings. The molecule has 0 saturated carbocycles. The van der Waals surface area contributed by atoms with Crippen LogP contribution in [-0.4, -0.2) is 13.6 Å². The molecule has 0 radical (unpaired) electrons. The molecule has 0 atom stereocenters. The van der Waals surface area contributed by atoms with Gasteiger partial charge in [0.15, 0.2) is 5.76 Å². The summed E-state index contributed by atoms with van der Waals surface area (Å²) >= 11 is 1.51. The van der Waals surface area contributed by atoms with Crippen LogP contribution in [0, 0.1) is 6.92 Å². The molecular weight excluding hydrogens is 270 g/mol. The van der Waals surface area contributed by atoms with Crippen molar-refractivity contribution < 1.29 is 12.9 Å². The molecule has 0 amide bonds. The molecule has 2 aromatic rings. The van der Waals surface area contributed by atoms with Crippen LogP contribution in [0.15, 0.2) is 22.0 Å². The van der Waals surface area contributed by atoms with Crippen LogP contribution in [0.4, 0.5) is 0 Å². The van der Waals surface area contributed by atoms with Crippen molar-refractivity contribution >= 4 is 31.1 Å². The van der Waals surface area contributed by atoms with E-state index in [2.05, 4.69) is 5.16 Å². The SMILES string of the molecule is Cc1c(CS(=O)(=O)Cl)noc1-c1cccs1. The van der Waals surface area contributed by atoms with E-state index >= 15 is 0 Å². The molecule has 0 aliphatic heterocycles. The number of aromatic nitrogens is 1. The van der Waals surface area contributed by atoms with Gasteiger partial charge in [0.1, 0.15) is 11.4 Å². The van der Waals surface area contributed by atoms with Gasteiger partial charge >= 0.3 is 0 Å². The Kier molecular flexibility index (Phi) is 3.05. The van der Waals surface area contributed by atoms with Crippen LogP contribution in [0.3, 0.4) is 0 Å². The Balaban J connectivity index is 2.39. The number of thiophene rings is 1. The second-order valence-corrected chi connectivity index (χ2v) is 6.97. The monoisotopic (exact) mass is 277 g/mol. The van der Waals surface area contributed by atoms with Gasteiger partial charge in [0.25, 0.3) is 0 Å². The molecule has 0 aromatic carbocycles. The molecule has 0 spiro atoms. The molecule has 7 heteroatoms. The standard InChI is InChI=1S/C9H8ClNO3S2/c1-6-7(5-16(10,12)13)11-14-9(6)8-3-2-4-15-8/h2-4H,5H2,1H3. The Bertz CT molecular complexity index is 586. The van der Waals surface area contributed by atoms with Crippen LogP contribution in [0.2, 0.25) is 0 Å². The van der Waals surface area contributed by atoms with Crippen molar-refractivity contribution in [1.82, 2.24) is 5.16 Å². The fraction of sp³-hybridized carbons (Fsp3) is 0.222. The Labute approximate surface area is 101 Å². The molecule has 0 aliphatic carbocycles. The summed E-state index contributed by atoms with van der Waals surface area (Å²) in [7, 11) is 1.56. The molecule has 0 N–H and O–H groups in total. The average molecular weight is 278 g/mol. The van der Waals surface area contributed by atoms with Crippen molar-refractivity contribution in [2.75, 3.05) is 0 Å². The summed E-state index contributed by atoms with van der Waals surface area (Å²) in [6.07, 6.45) is 0. The quantitative estimate of drug-likeness (QED) is 0.810. The Morgan fingerprint density at radius 3 is 2.88 bits per heavy atom. The minimum Gasteiger partial charge on any atom is -0.355 e. The van der Waals surface area contributed by atoms with Gasteiger partial charge in [0, 0.05) is 16.2 Å². The molecule has 2 aromatic heterocycles. The molecule has 0 bridgehead atoms. The highest BCUT2D eigenvalue weighted by atomic mass is 35.7. The highest BCUT2D eigenvalue weighted by Crippen LogP contribution is 2.30. The molecule has 0 saturated heterocycles. The van der Waals surface area contributed by atoms with Crippen molar-refractivity contribution in [3.8, 4) is 10.6 Å². The maximum atomic E-state index is 10.9. The van der Waals surface area contributed by atoms with Crippen molar-refractivity contribution in [3.63, 3.8) is 0 Å². The van der Waals surface area contributed by atoms with Crippen LogP contribution in [0.5, 0.6) is 0 Å². The minimum absolute atomic E-state index is 0.310. The van der Waals surface area contributed by atoms with Crippen molar-refractivity contribution in [3.05, 3.63) is 28.8 Å². The van der Waals surface area contributed by atoms with Crippen molar-refractivity contribution in [2.45, 2.75) is 12.7 Å². The highest BCUT2D eigenvalue weighted by molar-refractivity contribution is 8.13. The molecular formula is C9H8ClNO3S2. The lowest BCUT2D eigenvalue weighted by Crippen LogP contribution is -1.96. The summed E-state index contributed by atoms with van der Waals surface area (Å²) in [6, 6.07) is 3.77. The first kappa shape index (κ1) is 11.6. The van der Waals surface area contributed by atoms with E-state index < -0.39 is 9.05 Å². The van der Waals surface area contributed by atoms with Gasteiger partial charge in [-0.2, -0.15) is 0 Å². The second kappa shape index (κ2) is 4.20. The predicted molar refractivity (Wildman–Crippen MR) is 63.0 cm³/mol. The van der Waals surface area contributed by atoms with Gasteiger partial charge < -0.3 is 4.52 Å². The lowest BCUT2D eigenvalue weighted by atomic mass is 10.2. The molecule has 86 valence electrons. The van der Waals surface area contributed by atoms with Crippen LogP contribution < -0.4 is 0 Å². The normalized spacial score (nSPS) is 11.9. The third kappa shape index (κ3) is 2.45. The van der Waals surface area contributed by atoms with Gasteiger partial charge in [-0.25, -0.2) is 8.42 Å². The molecule has 2 heterocycles. The van der Waals surface area contributed by atoms with Crippen molar-refractivity contribution in [2.24, 2.45) is 0 Å². The Hall–Kier alpha value is -0.850. The van der Waals surface area contributed by atoms with Gasteiger partial charge in [-0.3, -0.25) is 0 Å². The van der Waals surface area contributed by atoms with E-state index in [1.807, 2.05) is 17.5 Å². The largest absolute Gasteiger partial charge is 0.355 e. The predicted octanol–water partition coefficient (Wildman–Crippen LogP) is 2.78. The molecule has 2 rings (SSSR count). The molecule has 16 heavy (non-hydrogen) atoms. The number of halogens is 1. The average Bonchev–Trinajstić information content (AvgIpc) is 2.75. The maximum Gasteiger partial charge on any atom is 0.238 e. The first-order valence-electron chi connectivity index (χ1n) is 4.39. The summed E-state index contributed by atoms with van der Waals surface area (Å²) in [5, 5.41) is 5.64. The van der Waals surface area contributed by atoms with E-state index in [1.54, 1.807) is 6.92 Å². The van der Waals surface area contributed by atoms with E-state index in [4.69, 9.17) is 15.2 Å². The molecule has 4 nitrogen and oxygen atoms in total. The number of nitrogens with zero attached hydrogens (tertiary/aromatic N) is 1. The zero-order valence-corrected chi connectivity index (χ0v) is 10.7. The van der Waals surface area contributed by atoms with E-state index in [0.717, 1.165) is 4.88 Å². The Morgan fingerprint density at radius 2 is 2.31 bits per heavy atom. The van der Waals surface area contributed by atoms with Crippen LogP contribution in [-0.2, 0) is 14.8 Å². The summed E-state index contributed by atoms with van der Waals surface area (Å²) in [5.74, 6) is 0.292. The van der Waals surface area contributed by atoms with E-state index in [1.165, 1.54) is 11.3 Å². The summed E-state index contributed by atoms with van der Waals surface area (Å²) < 4.78 is 27.0. The fourth-order valence-electron chi connectivity index (χ4n) is 1.30. The number of hydrogen-bond acceptors (Lipinski definition) is 5. The van der Waals surface area contributed by atoms with Gasteiger partial charge in [-0.1, -0.05) is 11.2 Å². The van der Waals surface area contributed by atoms with Gasteiger partial charge in [0.05, 0.1) is 4.88 Å². The first-order valence-corrected chi connectivity index (χ1v) is 7.74.